The van der Waals surface area contributed by atoms with Gasteiger partial charge in [-0.2, -0.15) is 0 Å². The van der Waals surface area contributed by atoms with Crippen LogP contribution >= 0.6 is 0 Å². The van der Waals surface area contributed by atoms with Gasteiger partial charge in [-0.3, -0.25) is 4.98 Å². The summed E-state index contributed by atoms with van der Waals surface area (Å²) in [5.41, 5.74) is -0.471. The van der Waals surface area contributed by atoms with E-state index in [9.17, 15) is 8.42 Å². The zero-order chi connectivity index (χ0) is 13.8. The summed E-state index contributed by atoms with van der Waals surface area (Å²) >= 11 is 0. The van der Waals surface area contributed by atoms with E-state index in [0.717, 1.165) is 0 Å². The maximum Gasteiger partial charge on any atom is 0.209 e. The molecule has 0 aromatic carbocycles. The van der Waals surface area contributed by atoms with E-state index < -0.39 is 15.4 Å². The van der Waals surface area contributed by atoms with Gasteiger partial charge in [0.2, 0.25) is 10.0 Å². The van der Waals surface area contributed by atoms with Crippen LogP contribution in [0.1, 0.15) is 12.8 Å². The molecule has 6 nitrogen and oxygen atoms in total. The van der Waals surface area contributed by atoms with Crippen LogP contribution in [0.25, 0.3) is 0 Å². The van der Waals surface area contributed by atoms with Crippen LogP contribution in [0.2, 0.25) is 0 Å². The summed E-state index contributed by atoms with van der Waals surface area (Å²) in [6.45, 7) is 1.37. The van der Waals surface area contributed by atoms with Crippen LogP contribution in [0.5, 0.6) is 5.75 Å². The molecule has 0 bridgehead atoms. The highest BCUT2D eigenvalue weighted by atomic mass is 32.2. The van der Waals surface area contributed by atoms with Gasteiger partial charge in [0.1, 0.15) is 5.75 Å². The van der Waals surface area contributed by atoms with Gasteiger partial charge < -0.3 is 9.47 Å². The highest BCUT2D eigenvalue weighted by Gasteiger charge is 2.37. The molecule has 1 aliphatic rings. The summed E-state index contributed by atoms with van der Waals surface area (Å²) in [4.78, 5) is 3.95. The van der Waals surface area contributed by atoms with Crippen molar-refractivity contribution in [2.24, 2.45) is 10.6 Å². The molecule has 0 spiro atoms. The molecular formula is C12H18N2O4S. The number of primary sulfonamides is 1. The lowest BCUT2D eigenvalue weighted by atomic mass is 9.83. The van der Waals surface area contributed by atoms with Gasteiger partial charge in [-0.05, 0) is 25.0 Å². The fraction of sp³-hybridized carbons (Fsp3) is 0.583. The first-order valence-corrected chi connectivity index (χ1v) is 7.82. The molecule has 1 aliphatic heterocycles. The van der Waals surface area contributed by atoms with E-state index in [1.165, 1.54) is 0 Å². The number of nitrogens with two attached hydrogens (primary N) is 1. The number of sulfonamides is 1. The van der Waals surface area contributed by atoms with Crippen molar-refractivity contribution < 1.29 is 17.9 Å². The van der Waals surface area contributed by atoms with Gasteiger partial charge in [-0.25, -0.2) is 13.6 Å². The van der Waals surface area contributed by atoms with Crippen LogP contribution in [-0.2, 0) is 14.8 Å². The zero-order valence-electron chi connectivity index (χ0n) is 10.6. The molecule has 1 saturated heterocycles. The molecule has 106 valence electrons. The standard InChI is InChI=1S/C12H18N2O4S/c13-19(15,16)10-12(3-6-17-7-4-12)9-18-11-2-1-5-14-8-11/h1-2,5,8H,3-4,6-7,9-10H2,(H2,13,15,16). The average Bonchev–Trinajstić information content (AvgIpc) is 2.37. The van der Waals surface area contributed by atoms with Crippen LogP contribution in [0.3, 0.4) is 0 Å². The summed E-state index contributed by atoms with van der Waals surface area (Å²) in [6, 6.07) is 3.56. The van der Waals surface area contributed by atoms with Crippen molar-refractivity contribution in [1.29, 1.82) is 0 Å². The molecule has 2 heterocycles. The number of hydrogen-bond donors (Lipinski definition) is 1. The Kier molecular flexibility index (Phi) is 4.38. The van der Waals surface area contributed by atoms with Crippen molar-refractivity contribution in [2.45, 2.75) is 12.8 Å². The lowest BCUT2D eigenvalue weighted by Gasteiger charge is -2.35. The first-order chi connectivity index (χ1) is 8.99. The Morgan fingerprint density at radius 2 is 2.16 bits per heavy atom. The number of aromatic nitrogens is 1. The molecule has 0 saturated carbocycles. The fourth-order valence-electron chi connectivity index (χ4n) is 2.23. The predicted molar refractivity (Wildman–Crippen MR) is 70.2 cm³/mol. The molecule has 0 radical (unpaired) electrons. The second kappa shape index (κ2) is 5.85. The second-order valence-corrected chi connectivity index (χ2v) is 6.51. The number of hydrogen-bond acceptors (Lipinski definition) is 5. The van der Waals surface area contributed by atoms with Gasteiger partial charge >= 0.3 is 0 Å². The SMILES string of the molecule is NS(=O)(=O)CC1(COc2cccnc2)CCOCC1. The first-order valence-electron chi connectivity index (χ1n) is 6.10. The number of pyridine rings is 1. The van der Waals surface area contributed by atoms with E-state index >= 15 is 0 Å². The van der Waals surface area contributed by atoms with E-state index in [4.69, 9.17) is 14.6 Å². The molecule has 19 heavy (non-hydrogen) atoms. The van der Waals surface area contributed by atoms with Crippen molar-refractivity contribution in [3.05, 3.63) is 24.5 Å². The molecule has 1 aromatic heterocycles. The minimum absolute atomic E-state index is 0.0797. The highest BCUT2D eigenvalue weighted by molar-refractivity contribution is 7.89. The van der Waals surface area contributed by atoms with E-state index in [1.807, 2.05) is 0 Å². The zero-order valence-corrected chi connectivity index (χ0v) is 11.4. The van der Waals surface area contributed by atoms with Gasteiger partial charge in [0.25, 0.3) is 0 Å². The highest BCUT2D eigenvalue weighted by Crippen LogP contribution is 2.32. The Labute approximate surface area is 113 Å². The normalized spacial score (nSPS) is 19.0. The van der Waals surface area contributed by atoms with Crippen LogP contribution in [0, 0.1) is 5.41 Å². The molecular weight excluding hydrogens is 268 g/mol. The minimum atomic E-state index is -3.54. The molecule has 2 N–H and O–H groups in total. The quantitative estimate of drug-likeness (QED) is 0.853. The number of ether oxygens (including phenoxy) is 2. The number of rotatable bonds is 5. The molecule has 0 atom stereocenters. The molecule has 0 amide bonds. The van der Waals surface area contributed by atoms with Crippen LogP contribution < -0.4 is 9.88 Å². The van der Waals surface area contributed by atoms with Crippen LogP contribution in [0.15, 0.2) is 24.5 Å². The maximum atomic E-state index is 11.4. The lowest BCUT2D eigenvalue weighted by molar-refractivity contribution is 0.00203. The second-order valence-electron chi connectivity index (χ2n) is 4.90. The van der Waals surface area contributed by atoms with Gasteiger partial charge in [-0.1, -0.05) is 0 Å². The van der Waals surface area contributed by atoms with Crippen molar-refractivity contribution in [2.75, 3.05) is 25.6 Å². The fourth-order valence-corrected chi connectivity index (χ4v) is 3.46. The Balaban J connectivity index is 2.05. The maximum absolute atomic E-state index is 11.4. The Hall–Kier alpha value is -1.18. The van der Waals surface area contributed by atoms with Gasteiger partial charge in [0.05, 0.1) is 18.6 Å². The summed E-state index contributed by atoms with van der Waals surface area (Å²) < 4.78 is 33.7. The summed E-state index contributed by atoms with van der Waals surface area (Å²) in [5.74, 6) is 0.548. The monoisotopic (exact) mass is 286 g/mol. The van der Waals surface area contributed by atoms with Crippen molar-refractivity contribution >= 4 is 10.0 Å². The molecule has 0 unspecified atom stereocenters. The average molecular weight is 286 g/mol. The van der Waals surface area contributed by atoms with Gasteiger partial charge in [0.15, 0.2) is 0 Å². The largest absolute Gasteiger partial charge is 0.491 e. The molecule has 7 heteroatoms. The third kappa shape index (κ3) is 4.45. The van der Waals surface area contributed by atoms with E-state index in [1.54, 1.807) is 24.5 Å². The first kappa shape index (κ1) is 14.2. The van der Waals surface area contributed by atoms with Crippen molar-refractivity contribution in [3.8, 4) is 5.75 Å². The van der Waals surface area contributed by atoms with Crippen molar-refractivity contribution in [3.63, 3.8) is 0 Å². The van der Waals surface area contributed by atoms with E-state index in [-0.39, 0.29) is 5.75 Å². The van der Waals surface area contributed by atoms with Gasteiger partial charge in [0, 0.05) is 24.8 Å². The molecule has 1 fully saturated rings. The topological polar surface area (TPSA) is 91.5 Å². The van der Waals surface area contributed by atoms with Crippen LogP contribution in [-0.4, -0.2) is 39.0 Å². The summed E-state index contributed by atoms with van der Waals surface area (Å²) in [6.07, 6.45) is 4.51. The smallest absolute Gasteiger partial charge is 0.209 e. The Bertz CT molecular complexity index is 498. The molecule has 0 aliphatic carbocycles. The third-order valence-corrected chi connectivity index (χ3v) is 4.25. The Morgan fingerprint density at radius 1 is 1.42 bits per heavy atom. The minimum Gasteiger partial charge on any atom is -0.491 e. The summed E-state index contributed by atoms with van der Waals surface area (Å²) in [5, 5.41) is 5.18. The molecule has 2 rings (SSSR count). The summed E-state index contributed by atoms with van der Waals surface area (Å²) in [7, 11) is -3.54. The lowest BCUT2D eigenvalue weighted by Crippen LogP contribution is -2.42. The number of nitrogens with zero attached hydrogens (tertiary/aromatic N) is 1. The van der Waals surface area contributed by atoms with E-state index in [2.05, 4.69) is 4.98 Å². The third-order valence-electron chi connectivity index (χ3n) is 3.24. The molecule has 1 aromatic rings. The van der Waals surface area contributed by atoms with Gasteiger partial charge in [-0.15, -0.1) is 0 Å². The Morgan fingerprint density at radius 3 is 2.74 bits per heavy atom. The van der Waals surface area contributed by atoms with Crippen LogP contribution in [0.4, 0.5) is 0 Å². The predicted octanol–water partition coefficient (Wildman–Crippen LogP) is 0.546. The van der Waals surface area contributed by atoms with Crippen molar-refractivity contribution in [1.82, 2.24) is 4.98 Å². The van der Waals surface area contributed by atoms with E-state index in [0.29, 0.717) is 38.4 Å².